The van der Waals surface area contributed by atoms with E-state index in [4.69, 9.17) is 0 Å². The number of sulfonamides is 1. The van der Waals surface area contributed by atoms with Crippen LogP contribution in [0.3, 0.4) is 0 Å². The number of guanidine groups is 1. The van der Waals surface area contributed by atoms with Gasteiger partial charge < -0.3 is 15.1 Å². The molecule has 0 atom stereocenters. The molecule has 0 bridgehead atoms. The Labute approximate surface area is 185 Å². The van der Waals surface area contributed by atoms with Gasteiger partial charge in [-0.05, 0) is 12.1 Å². The smallest absolute Gasteiger partial charge is 0.215 e. The van der Waals surface area contributed by atoms with Crippen LogP contribution in [-0.4, -0.2) is 82.2 Å². The van der Waals surface area contributed by atoms with E-state index in [1.165, 1.54) is 10.4 Å². The molecule has 0 radical (unpaired) electrons. The van der Waals surface area contributed by atoms with E-state index in [0.717, 1.165) is 0 Å². The van der Waals surface area contributed by atoms with Gasteiger partial charge in [0, 0.05) is 52.9 Å². The summed E-state index contributed by atoms with van der Waals surface area (Å²) in [4.78, 5) is 8.35. The second kappa shape index (κ2) is 11.8. The van der Waals surface area contributed by atoms with Gasteiger partial charge in [0.25, 0.3) is 0 Å². The number of piperazine rings is 1. The van der Waals surface area contributed by atoms with Gasteiger partial charge in [-0.25, -0.2) is 17.1 Å². The molecule has 7 nitrogen and oxygen atoms in total. The largest absolute Gasteiger partial charge is 0.366 e. The molecule has 1 N–H and O–H groups in total. The number of hydrogen-bond donors (Lipinski definition) is 1. The fraction of sp³-hybridized carbons (Fsp3) is 0.611. The lowest BCUT2D eigenvalue weighted by Gasteiger charge is -2.37. The van der Waals surface area contributed by atoms with Crippen molar-refractivity contribution in [2.75, 3.05) is 63.5 Å². The van der Waals surface area contributed by atoms with Gasteiger partial charge in [0.2, 0.25) is 10.0 Å². The summed E-state index contributed by atoms with van der Waals surface area (Å²) in [7, 11) is -1.57. The number of nitrogens with zero attached hydrogens (tertiary/aromatic N) is 4. The third-order valence-electron chi connectivity index (χ3n) is 4.73. The Morgan fingerprint density at radius 3 is 2.32 bits per heavy atom. The predicted octanol–water partition coefficient (Wildman–Crippen LogP) is 1.81. The Morgan fingerprint density at radius 2 is 1.79 bits per heavy atom. The lowest BCUT2D eigenvalue weighted by atomic mass is 10.2. The number of nitrogens with one attached hydrogen (secondary N) is 1. The van der Waals surface area contributed by atoms with Crippen molar-refractivity contribution in [3.05, 3.63) is 30.1 Å². The third-order valence-corrected chi connectivity index (χ3v) is 6.75. The fourth-order valence-electron chi connectivity index (χ4n) is 3.24. The average molecular weight is 527 g/mol. The molecule has 2 rings (SSSR count). The van der Waals surface area contributed by atoms with Crippen LogP contribution in [0.15, 0.2) is 29.3 Å². The molecule has 0 unspecified atom stereocenters. The molecular weight excluding hydrogens is 496 g/mol. The molecule has 1 aliphatic heterocycles. The number of hydrogen-bond acceptors (Lipinski definition) is 4. The van der Waals surface area contributed by atoms with Crippen molar-refractivity contribution in [2.45, 2.75) is 13.8 Å². The van der Waals surface area contributed by atoms with Crippen molar-refractivity contribution in [1.82, 2.24) is 14.5 Å². The predicted molar refractivity (Wildman–Crippen MR) is 124 cm³/mol. The highest BCUT2D eigenvalue weighted by atomic mass is 127. The summed E-state index contributed by atoms with van der Waals surface area (Å²) in [5.74, 6) is 0.496. The van der Waals surface area contributed by atoms with Crippen LogP contribution in [0.4, 0.5) is 10.1 Å². The Hall–Kier alpha value is -1.14. The van der Waals surface area contributed by atoms with Crippen molar-refractivity contribution in [3.63, 3.8) is 0 Å². The summed E-state index contributed by atoms with van der Waals surface area (Å²) in [6.45, 7) is 7.67. The molecule has 160 valence electrons. The molecular formula is C18H31FIN5O2S. The van der Waals surface area contributed by atoms with Crippen LogP contribution >= 0.6 is 24.0 Å². The zero-order valence-electron chi connectivity index (χ0n) is 16.8. The van der Waals surface area contributed by atoms with Crippen molar-refractivity contribution < 1.29 is 12.8 Å². The molecule has 1 saturated heterocycles. The molecule has 0 aromatic heterocycles. The Bertz CT molecular complexity index is 735. The van der Waals surface area contributed by atoms with E-state index < -0.39 is 10.0 Å². The van der Waals surface area contributed by atoms with Gasteiger partial charge in [-0.15, -0.1) is 24.0 Å². The summed E-state index contributed by atoms with van der Waals surface area (Å²) in [5.41, 5.74) is 0.616. The minimum absolute atomic E-state index is 0. The first-order valence-electron chi connectivity index (χ1n) is 9.35. The minimum Gasteiger partial charge on any atom is -0.366 e. The van der Waals surface area contributed by atoms with Crippen molar-refractivity contribution >= 4 is 45.6 Å². The molecule has 10 heteroatoms. The maximum absolute atomic E-state index is 13.9. The first kappa shape index (κ1) is 24.9. The van der Waals surface area contributed by atoms with Crippen molar-refractivity contribution in [2.24, 2.45) is 4.99 Å². The van der Waals surface area contributed by atoms with Gasteiger partial charge in [0.05, 0.1) is 11.4 Å². The highest BCUT2D eigenvalue weighted by Crippen LogP contribution is 2.20. The van der Waals surface area contributed by atoms with Crippen molar-refractivity contribution in [3.8, 4) is 0 Å². The number of benzene rings is 1. The number of halogens is 2. The molecule has 1 aromatic carbocycles. The normalized spacial score (nSPS) is 15.5. The first-order valence-corrected chi connectivity index (χ1v) is 11.0. The van der Waals surface area contributed by atoms with E-state index in [1.54, 1.807) is 19.2 Å². The minimum atomic E-state index is -3.26. The second-order valence-corrected chi connectivity index (χ2v) is 8.39. The van der Waals surface area contributed by atoms with E-state index in [-0.39, 0.29) is 35.5 Å². The molecule has 1 aliphatic rings. The summed E-state index contributed by atoms with van der Waals surface area (Å²) in [6.07, 6.45) is 0. The third kappa shape index (κ3) is 6.45. The highest BCUT2D eigenvalue weighted by molar-refractivity contribution is 14.0. The first-order chi connectivity index (χ1) is 12.9. The number of anilines is 1. The zero-order valence-corrected chi connectivity index (χ0v) is 19.9. The summed E-state index contributed by atoms with van der Waals surface area (Å²) in [6, 6.07) is 6.78. The van der Waals surface area contributed by atoms with Crippen LogP contribution in [-0.2, 0) is 10.0 Å². The number of aliphatic imine (C=N–C) groups is 1. The van der Waals surface area contributed by atoms with Crippen LogP contribution in [0.25, 0.3) is 0 Å². The van der Waals surface area contributed by atoms with Gasteiger partial charge >= 0.3 is 0 Å². The molecule has 0 saturated carbocycles. The molecule has 0 spiro atoms. The number of para-hydroxylation sites is 1. The van der Waals surface area contributed by atoms with Crippen LogP contribution in [0.5, 0.6) is 0 Å². The van der Waals surface area contributed by atoms with E-state index in [2.05, 4.69) is 15.2 Å². The monoisotopic (exact) mass is 527 g/mol. The van der Waals surface area contributed by atoms with Gasteiger partial charge in [0.15, 0.2) is 5.96 Å². The summed E-state index contributed by atoms with van der Waals surface area (Å²) in [5, 5.41) is 3.14. The topological polar surface area (TPSA) is 68.2 Å². The molecule has 1 heterocycles. The number of rotatable bonds is 7. The molecule has 28 heavy (non-hydrogen) atoms. The van der Waals surface area contributed by atoms with E-state index in [0.29, 0.717) is 57.5 Å². The molecule has 0 aliphatic carbocycles. The van der Waals surface area contributed by atoms with Crippen LogP contribution in [0.1, 0.15) is 13.8 Å². The lowest BCUT2D eigenvalue weighted by Crippen LogP contribution is -2.53. The maximum atomic E-state index is 13.9. The van der Waals surface area contributed by atoms with E-state index >= 15 is 0 Å². The van der Waals surface area contributed by atoms with E-state index in [9.17, 15) is 12.8 Å². The highest BCUT2D eigenvalue weighted by Gasteiger charge is 2.22. The fourth-order valence-corrected chi connectivity index (χ4v) is 4.64. The Morgan fingerprint density at radius 1 is 1.18 bits per heavy atom. The maximum Gasteiger partial charge on any atom is 0.215 e. The van der Waals surface area contributed by atoms with Gasteiger partial charge in [-0.2, -0.15) is 0 Å². The van der Waals surface area contributed by atoms with Crippen LogP contribution < -0.4 is 10.2 Å². The van der Waals surface area contributed by atoms with Gasteiger partial charge in [0.1, 0.15) is 5.82 Å². The molecule has 1 aromatic rings. The average Bonchev–Trinajstić information content (AvgIpc) is 2.67. The Kier molecular flexibility index (Phi) is 10.5. The quantitative estimate of drug-likeness (QED) is 0.333. The lowest BCUT2D eigenvalue weighted by molar-refractivity contribution is 0.371. The Balaban J connectivity index is 0.00000392. The SMILES string of the molecule is CCN(CC)S(=O)(=O)CCNC(=NC)N1CCN(c2ccccc2F)CC1.I. The summed E-state index contributed by atoms with van der Waals surface area (Å²) < 4.78 is 39.9. The van der Waals surface area contributed by atoms with Crippen LogP contribution in [0, 0.1) is 5.82 Å². The zero-order chi connectivity index (χ0) is 19.9. The van der Waals surface area contributed by atoms with Gasteiger partial charge in [-0.1, -0.05) is 26.0 Å². The second-order valence-electron chi connectivity index (χ2n) is 6.30. The summed E-state index contributed by atoms with van der Waals surface area (Å²) >= 11 is 0. The molecule has 0 amide bonds. The standard InChI is InChI=1S/C18H30FN5O2S.HI/c1-4-24(5-2)27(25,26)15-10-21-18(20-3)23-13-11-22(12-14-23)17-9-7-6-8-16(17)19;/h6-9H,4-5,10-15H2,1-3H3,(H,20,21);1H. The van der Waals surface area contributed by atoms with Crippen molar-refractivity contribution in [1.29, 1.82) is 0 Å². The van der Waals surface area contributed by atoms with Gasteiger partial charge in [-0.3, -0.25) is 4.99 Å². The van der Waals surface area contributed by atoms with E-state index in [1.807, 2.05) is 24.8 Å². The molecule has 1 fully saturated rings. The van der Waals surface area contributed by atoms with Crippen LogP contribution in [0.2, 0.25) is 0 Å².